The number of aliphatic hydroxyl groups excluding tert-OH is 1. The van der Waals surface area contributed by atoms with Crippen molar-refractivity contribution in [2.75, 3.05) is 0 Å². The summed E-state index contributed by atoms with van der Waals surface area (Å²) in [4.78, 5) is 19.2. The topological polar surface area (TPSA) is 89.4 Å². The summed E-state index contributed by atoms with van der Waals surface area (Å²) in [5.41, 5.74) is 8.18. The van der Waals surface area contributed by atoms with Crippen LogP contribution in [0.25, 0.3) is 55.6 Å². The number of aryl methyl sites for hydroxylation is 3. The number of benzene rings is 2. The van der Waals surface area contributed by atoms with E-state index in [1.165, 1.54) is 31.1 Å². The fourth-order valence-corrected chi connectivity index (χ4v) is 4.54. The maximum Gasteiger partial charge on any atom is 0.216 e. The Morgan fingerprint density at radius 1 is 0.949 bits per heavy atom. The molecule has 7 heteroatoms. The van der Waals surface area contributed by atoms with Crippen LogP contribution >= 0.6 is 0 Å². The number of hydrogen-bond donors (Lipinski definition) is 1. The van der Waals surface area contributed by atoms with Crippen molar-refractivity contribution in [1.82, 2.24) is 9.97 Å². The molecule has 0 atom stereocenters. The monoisotopic (exact) mass is 696 g/mol. The Kier molecular flexibility index (Phi) is 8.14. The van der Waals surface area contributed by atoms with Crippen molar-refractivity contribution >= 4 is 38.8 Å². The van der Waals surface area contributed by atoms with Crippen molar-refractivity contribution in [2.45, 2.75) is 34.6 Å². The van der Waals surface area contributed by atoms with Gasteiger partial charge in [0.2, 0.25) is 5.71 Å². The average molecular weight is 696 g/mol. The molecule has 0 aliphatic carbocycles. The van der Waals surface area contributed by atoms with E-state index in [1.807, 2.05) is 31.2 Å². The third-order valence-corrected chi connectivity index (χ3v) is 6.02. The Hall–Kier alpha value is -4.06. The molecule has 0 saturated heterocycles. The molecule has 1 radical (unpaired) electrons. The summed E-state index contributed by atoms with van der Waals surface area (Å²) < 4.78 is 12.2. The molecule has 0 aliphatic rings. The zero-order chi connectivity index (χ0) is 27.0. The van der Waals surface area contributed by atoms with Gasteiger partial charge >= 0.3 is 0 Å². The normalized spacial score (nSPS) is 11.4. The number of nitrogens with zero attached hydrogens (tertiary/aromatic N) is 2. The minimum Gasteiger partial charge on any atom is -0.512 e. The van der Waals surface area contributed by atoms with Gasteiger partial charge in [0.25, 0.3) is 0 Å². The number of carbonyl (C=O) groups excluding carboxylic acids is 1. The van der Waals surface area contributed by atoms with Gasteiger partial charge in [0, 0.05) is 48.2 Å². The van der Waals surface area contributed by atoms with Gasteiger partial charge in [-0.3, -0.25) is 4.79 Å². The molecule has 0 spiro atoms. The van der Waals surface area contributed by atoms with E-state index >= 15 is 0 Å². The molecule has 4 aromatic heterocycles. The maximum atomic E-state index is 10.0. The number of rotatable bonds is 3. The molecule has 6 aromatic rings. The van der Waals surface area contributed by atoms with Crippen LogP contribution in [-0.2, 0) is 24.9 Å². The van der Waals surface area contributed by atoms with E-state index in [0.29, 0.717) is 5.71 Å². The number of pyridine rings is 2. The minimum atomic E-state index is -0.125. The first kappa shape index (κ1) is 28.0. The van der Waals surface area contributed by atoms with Gasteiger partial charge < -0.3 is 18.9 Å². The number of aromatic nitrogens is 2. The van der Waals surface area contributed by atoms with Crippen molar-refractivity contribution in [3.05, 3.63) is 95.5 Å². The average Bonchev–Trinajstić information content (AvgIpc) is 3.43. The Morgan fingerprint density at radius 2 is 1.69 bits per heavy atom. The van der Waals surface area contributed by atoms with Crippen molar-refractivity contribution in [1.29, 1.82) is 0 Å². The van der Waals surface area contributed by atoms with Crippen LogP contribution in [0.3, 0.4) is 0 Å². The molecule has 6 nitrogen and oxygen atoms in total. The van der Waals surface area contributed by atoms with Crippen LogP contribution in [-0.4, -0.2) is 20.9 Å². The predicted molar refractivity (Wildman–Crippen MR) is 150 cm³/mol. The number of furan rings is 2. The van der Waals surface area contributed by atoms with Crippen molar-refractivity contribution < 1.29 is 38.8 Å². The van der Waals surface area contributed by atoms with E-state index in [0.717, 1.165) is 55.6 Å². The number of aliphatic hydroxyl groups is 1. The van der Waals surface area contributed by atoms with Crippen LogP contribution in [0.5, 0.6) is 0 Å². The summed E-state index contributed by atoms with van der Waals surface area (Å²) in [5.74, 6) is 0.777. The second-order valence-corrected chi connectivity index (χ2v) is 9.49. The quantitative estimate of drug-likeness (QED) is 0.114. The summed E-state index contributed by atoms with van der Waals surface area (Å²) in [7, 11) is 0. The first-order chi connectivity index (χ1) is 18.2. The van der Waals surface area contributed by atoms with E-state index in [4.69, 9.17) is 13.9 Å². The zero-order valence-corrected chi connectivity index (χ0v) is 24.6. The van der Waals surface area contributed by atoms with Gasteiger partial charge in [0.15, 0.2) is 11.4 Å². The largest absolute Gasteiger partial charge is 0.512 e. The molecule has 6 rings (SSSR count). The van der Waals surface area contributed by atoms with Crippen LogP contribution in [0.1, 0.15) is 30.7 Å². The van der Waals surface area contributed by atoms with Crippen LogP contribution in [0, 0.1) is 26.8 Å². The summed E-state index contributed by atoms with van der Waals surface area (Å²) in [6, 6.07) is 21.8. The molecule has 0 aliphatic heterocycles. The maximum absolute atomic E-state index is 10.0. The Morgan fingerprint density at radius 3 is 2.36 bits per heavy atom. The van der Waals surface area contributed by atoms with Crippen molar-refractivity contribution in [3.8, 4) is 22.6 Å². The van der Waals surface area contributed by atoms with E-state index in [2.05, 4.69) is 60.2 Å². The van der Waals surface area contributed by atoms with E-state index in [1.54, 1.807) is 6.20 Å². The van der Waals surface area contributed by atoms with Crippen molar-refractivity contribution in [2.24, 2.45) is 0 Å². The van der Waals surface area contributed by atoms with E-state index in [9.17, 15) is 4.79 Å². The molecule has 39 heavy (non-hydrogen) atoms. The number of carbonyl (C=O) groups is 1. The van der Waals surface area contributed by atoms with Crippen LogP contribution in [0.2, 0.25) is 0 Å². The summed E-state index contributed by atoms with van der Waals surface area (Å²) in [6.07, 6.45) is 2.94. The Balaban J connectivity index is 0.000000394. The molecule has 2 aromatic carbocycles. The Bertz CT molecular complexity index is 1840. The van der Waals surface area contributed by atoms with Gasteiger partial charge in [-0.15, -0.1) is 18.2 Å². The second-order valence-electron chi connectivity index (χ2n) is 9.49. The molecule has 1 N–H and O–H groups in total. The number of ketones is 1. The standard InChI is InChI=1S/C27H19N2O2.C5H8O2.Ir/c1-15-9-16(2)11-18(10-15)24-13-19-12-23(28-14-25(19)30-24)22-6-4-5-20-21-8-7-17(3)29-27(21)31-26(20)22;1-4(6)3-5(2)7;/h4-5,7-14H,1-3H3;3,6H,1-2H3;/q-1;;/b;4-3-;. The zero-order valence-electron chi connectivity index (χ0n) is 22.3. The first-order valence-electron chi connectivity index (χ1n) is 12.2. The van der Waals surface area contributed by atoms with Gasteiger partial charge in [-0.1, -0.05) is 34.2 Å². The number of fused-ring (bicyclic) bond motifs is 4. The molecule has 4 heterocycles. The fraction of sp³-hybridized carbons (Fsp3) is 0.156. The number of hydrogen-bond acceptors (Lipinski definition) is 6. The molecular formula is C32H27IrN2O4-. The summed E-state index contributed by atoms with van der Waals surface area (Å²) >= 11 is 0. The summed E-state index contributed by atoms with van der Waals surface area (Å²) in [5, 5.41) is 11.4. The van der Waals surface area contributed by atoms with Crippen LogP contribution in [0.4, 0.5) is 0 Å². The van der Waals surface area contributed by atoms with Gasteiger partial charge in [-0.05, 0) is 70.6 Å². The predicted octanol–water partition coefficient (Wildman–Crippen LogP) is 8.22. The van der Waals surface area contributed by atoms with Crippen LogP contribution < -0.4 is 0 Å². The Labute approximate surface area is 239 Å². The van der Waals surface area contributed by atoms with Crippen LogP contribution in [0.15, 0.2) is 81.5 Å². The second kappa shape index (κ2) is 11.4. The smallest absolute Gasteiger partial charge is 0.216 e. The summed E-state index contributed by atoms with van der Waals surface area (Å²) in [6.45, 7) is 9.00. The van der Waals surface area contributed by atoms with Gasteiger partial charge in [0.05, 0.1) is 17.5 Å². The fourth-order valence-electron chi connectivity index (χ4n) is 4.54. The van der Waals surface area contributed by atoms with Gasteiger partial charge in [0.1, 0.15) is 5.76 Å². The molecule has 0 fully saturated rings. The first-order valence-corrected chi connectivity index (χ1v) is 12.2. The van der Waals surface area contributed by atoms with E-state index < -0.39 is 0 Å². The van der Waals surface area contributed by atoms with Gasteiger partial charge in [-0.25, -0.2) is 4.98 Å². The third kappa shape index (κ3) is 6.00. The molecule has 0 saturated carbocycles. The van der Waals surface area contributed by atoms with Gasteiger partial charge in [-0.2, -0.15) is 0 Å². The molecule has 0 unspecified atom stereocenters. The number of allylic oxidation sites excluding steroid dienone is 2. The molecule has 199 valence electrons. The SMILES string of the molecule is CC(=O)/C=C(/C)O.Cc1cc(C)cc(-c2cc3cc(-c4[c-]ccc5c4oc4nc(C)ccc45)ncc3o2)c1.[Ir]. The minimum absolute atomic E-state index is 0. The van der Waals surface area contributed by atoms with Crippen molar-refractivity contribution in [3.63, 3.8) is 0 Å². The molecule has 0 amide bonds. The third-order valence-electron chi connectivity index (χ3n) is 6.02. The molecule has 0 bridgehead atoms. The molecular weight excluding hydrogens is 669 g/mol. The van der Waals surface area contributed by atoms with E-state index in [-0.39, 0.29) is 31.6 Å².